The Labute approximate surface area is 103 Å². The van der Waals surface area contributed by atoms with E-state index in [4.69, 9.17) is 15.3 Å². The first-order valence-corrected chi connectivity index (χ1v) is 6.11. The number of unbranched alkanes of at least 4 members (excludes halogenated alkanes) is 1. The van der Waals surface area contributed by atoms with E-state index in [1.165, 1.54) is 0 Å². The normalized spacial score (nSPS) is 10.3. The largest absolute Gasteiger partial charge is 0.491 e. The van der Waals surface area contributed by atoms with Gasteiger partial charge in [-0.25, -0.2) is 0 Å². The highest BCUT2D eigenvalue weighted by molar-refractivity contribution is 5.96. The van der Waals surface area contributed by atoms with Crippen LogP contribution < -0.4 is 4.74 Å². The third-order valence-corrected chi connectivity index (χ3v) is 2.64. The topological polar surface area (TPSA) is 53.3 Å². The van der Waals surface area contributed by atoms with Gasteiger partial charge in [0.05, 0.1) is 6.61 Å². The molecule has 1 rings (SSSR count). The Morgan fingerprint density at radius 1 is 1.41 bits per heavy atom. The number of rotatable bonds is 7. The summed E-state index contributed by atoms with van der Waals surface area (Å²) in [5.74, 6) is 0.831. The SMILES string of the molecule is CCCCc1cc(C(C)=N)ccc1OCCO. The van der Waals surface area contributed by atoms with Crippen LogP contribution in [0.25, 0.3) is 0 Å². The first-order valence-electron chi connectivity index (χ1n) is 6.11. The van der Waals surface area contributed by atoms with Crippen molar-refractivity contribution in [2.45, 2.75) is 33.1 Å². The van der Waals surface area contributed by atoms with Crippen molar-refractivity contribution in [3.05, 3.63) is 29.3 Å². The predicted octanol–water partition coefficient (Wildman–Crippen LogP) is 2.79. The number of hydrogen-bond donors (Lipinski definition) is 2. The molecule has 3 nitrogen and oxygen atoms in total. The van der Waals surface area contributed by atoms with Gasteiger partial charge < -0.3 is 15.3 Å². The summed E-state index contributed by atoms with van der Waals surface area (Å²) in [6.45, 7) is 4.29. The molecule has 0 saturated carbocycles. The standard InChI is InChI=1S/C14H21NO2/c1-3-4-5-13-10-12(11(2)15)6-7-14(13)17-9-8-16/h6-7,10,15-16H,3-5,8-9H2,1-2H3. The number of ether oxygens (including phenoxy) is 1. The average molecular weight is 235 g/mol. The van der Waals surface area contributed by atoms with Gasteiger partial charge in [0.2, 0.25) is 0 Å². The maximum atomic E-state index is 8.78. The first-order chi connectivity index (χ1) is 8.19. The lowest BCUT2D eigenvalue weighted by Crippen LogP contribution is -2.05. The van der Waals surface area contributed by atoms with Crippen molar-refractivity contribution >= 4 is 5.71 Å². The van der Waals surface area contributed by atoms with Crippen molar-refractivity contribution in [1.29, 1.82) is 5.41 Å². The van der Waals surface area contributed by atoms with Crippen LogP contribution >= 0.6 is 0 Å². The number of nitrogens with one attached hydrogen (secondary N) is 1. The lowest BCUT2D eigenvalue weighted by molar-refractivity contribution is 0.200. The summed E-state index contributed by atoms with van der Waals surface area (Å²) in [5, 5.41) is 16.4. The van der Waals surface area contributed by atoms with E-state index in [2.05, 4.69) is 6.92 Å². The number of hydrogen-bond acceptors (Lipinski definition) is 3. The molecule has 0 heterocycles. The van der Waals surface area contributed by atoms with Gasteiger partial charge in [0.15, 0.2) is 0 Å². The maximum Gasteiger partial charge on any atom is 0.122 e. The van der Waals surface area contributed by atoms with E-state index in [1.807, 2.05) is 18.2 Å². The molecule has 1 aromatic rings. The van der Waals surface area contributed by atoms with Crippen molar-refractivity contribution in [3.8, 4) is 5.75 Å². The predicted molar refractivity (Wildman–Crippen MR) is 70.1 cm³/mol. The zero-order chi connectivity index (χ0) is 12.7. The average Bonchev–Trinajstić information content (AvgIpc) is 2.34. The van der Waals surface area contributed by atoms with Crippen LogP contribution in [0.2, 0.25) is 0 Å². The lowest BCUT2D eigenvalue weighted by atomic mass is 10.0. The number of aryl methyl sites for hydroxylation is 1. The second kappa shape index (κ2) is 7.07. The van der Waals surface area contributed by atoms with E-state index in [1.54, 1.807) is 6.92 Å². The van der Waals surface area contributed by atoms with Gasteiger partial charge in [0, 0.05) is 5.71 Å². The van der Waals surface area contributed by atoms with Gasteiger partial charge in [0.25, 0.3) is 0 Å². The number of benzene rings is 1. The molecule has 0 saturated heterocycles. The Balaban J connectivity index is 2.90. The molecule has 0 atom stereocenters. The molecule has 2 N–H and O–H groups in total. The smallest absolute Gasteiger partial charge is 0.122 e. The van der Waals surface area contributed by atoms with Crippen molar-refractivity contribution in [1.82, 2.24) is 0 Å². The molecule has 0 aliphatic rings. The van der Waals surface area contributed by atoms with Crippen molar-refractivity contribution in [2.75, 3.05) is 13.2 Å². The zero-order valence-electron chi connectivity index (χ0n) is 10.6. The third kappa shape index (κ3) is 4.19. The Hall–Kier alpha value is -1.35. The Morgan fingerprint density at radius 2 is 2.18 bits per heavy atom. The van der Waals surface area contributed by atoms with E-state index < -0.39 is 0 Å². The van der Waals surface area contributed by atoms with Crippen LogP contribution in [0.5, 0.6) is 5.75 Å². The van der Waals surface area contributed by atoms with Gasteiger partial charge >= 0.3 is 0 Å². The van der Waals surface area contributed by atoms with Gasteiger partial charge in [-0.15, -0.1) is 0 Å². The fraction of sp³-hybridized carbons (Fsp3) is 0.500. The summed E-state index contributed by atoms with van der Waals surface area (Å²) in [6, 6.07) is 5.81. The molecule has 3 heteroatoms. The molecule has 0 aromatic heterocycles. The Morgan fingerprint density at radius 3 is 2.76 bits per heavy atom. The van der Waals surface area contributed by atoms with Crippen LogP contribution in [0.15, 0.2) is 18.2 Å². The molecule has 0 spiro atoms. The molecule has 0 bridgehead atoms. The molecular formula is C14H21NO2. The molecule has 0 aliphatic carbocycles. The highest BCUT2D eigenvalue weighted by Crippen LogP contribution is 2.22. The summed E-state index contributed by atoms with van der Waals surface area (Å²) in [7, 11) is 0. The van der Waals surface area contributed by atoms with Crippen molar-refractivity contribution < 1.29 is 9.84 Å². The Bertz CT molecular complexity index is 374. The zero-order valence-corrected chi connectivity index (χ0v) is 10.6. The van der Waals surface area contributed by atoms with E-state index in [-0.39, 0.29) is 6.61 Å². The molecule has 0 aliphatic heterocycles. The summed E-state index contributed by atoms with van der Waals surface area (Å²) >= 11 is 0. The highest BCUT2D eigenvalue weighted by atomic mass is 16.5. The van der Waals surface area contributed by atoms with Crippen molar-refractivity contribution in [2.24, 2.45) is 0 Å². The summed E-state index contributed by atoms with van der Waals surface area (Å²) in [4.78, 5) is 0. The van der Waals surface area contributed by atoms with Crippen LogP contribution in [-0.4, -0.2) is 24.0 Å². The molecule has 94 valence electrons. The van der Waals surface area contributed by atoms with Gasteiger partial charge in [0.1, 0.15) is 12.4 Å². The van der Waals surface area contributed by atoms with E-state index in [0.29, 0.717) is 12.3 Å². The maximum absolute atomic E-state index is 8.78. The van der Waals surface area contributed by atoms with Gasteiger partial charge in [-0.1, -0.05) is 13.3 Å². The highest BCUT2D eigenvalue weighted by Gasteiger charge is 2.06. The molecule has 0 amide bonds. The molecule has 0 unspecified atom stereocenters. The second-order valence-electron chi connectivity index (χ2n) is 4.12. The second-order valence-corrected chi connectivity index (χ2v) is 4.12. The molecule has 1 aromatic carbocycles. The minimum atomic E-state index is 0.0264. The first kappa shape index (κ1) is 13.7. The number of aliphatic hydroxyl groups excluding tert-OH is 1. The lowest BCUT2D eigenvalue weighted by Gasteiger charge is -2.12. The minimum Gasteiger partial charge on any atom is -0.491 e. The molecule has 0 fully saturated rings. The third-order valence-electron chi connectivity index (χ3n) is 2.64. The van der Waals surface area contributed by atoms with E-state index in [9.17, 15) is 0 Å². The molecule has 0 radical (unpaired) electrons. The fourth-order valence-electron chi connectivity index (χ4n) is 1.67. The fourth-order valence-corrected chi connectivity index (χ4v) is 1.67. The van der Waals surface area contributed by atoms with Crippen LogP contribution in [0.1, 0.15) is 37.8 Å². The number of aliphatic hydroxyl groups is 1. The van der Waals surface area contributed by atoms with Crippen LogP contribution in [0.4, 0.5) is 0 Å². The van der Waals surface area contributed by atoms with Gasteiger partial charge in [-0.2, -0.15) is 0 Å². The van der Waals surface area contributed by atoms with Gasteiger partial charge in [-0.05, 0) is 49.1 Å². The van der Waals surface area contributed by atoms with Crippen LogP contribution in [-0.2, 0) is 6.42 Å². The Kier molecular flexibility index (Phi) is 5.70. The van der Waals surface area contributed by atoms with E-state index >= 15 is 0 Å². The molecular weight excluding hydrogens is 214 g/mol. The monoisotopic (exact) mass is 235 g/mol. The van der Waals surface area contributed by atoms with Crippen LogP contribution in [0.3, 0.4) is 0 Å². The van der Waals surface area contributed by atoms with E-state index in [0.717, 1.165) is 36.1 Å². The van der Waals surface area contributed by atoms with Crippen LogP contribution in [0, 0.1) is 5.41 Å². The molecule has 17 heavy (non-hydrogen) atoms. The van der Waals surface area contributed by atoms with Crippen molar-refractivity contribution in [3.63, 3.8) is 0 Å². The summed E-state index contributed by atoms with van der Waals surface area (Å²) < 4.78 is 5.50. The van der Waals surface area contributed by atoms with Gasteiger partial charge in [-0.3, -0.25) is 0 Å². The summed E-state index contributed by atoms with van der Waals surface area (Å²) in [5.41, 5.74) is 2.63. The quantitative estimate of drug-likeness (QED) is 0.714. The minimum absolute atomic E-state index is 0.0264. The summed E-state index contributed by atoms with van der Waals surface area (Å²) in [6.07, 6.45) is 3.20.